The molecule has 0 atom stereocenters. The normalized spacial score (nSPS) is 23.6. The summed E-state index contributed by atoms with van der Waals surface area (Å²) in [4.78, 5) is 10.3. The van der Waals surface area contributed by atoms with E-state index in [9.17, 15) is 10.1 Å². The zero-order chi connectivity index (χ0) is 11.7. The highest BCUT2D eigenvalue weighted by molar-refractivity contribution is 6.32. The summed E-state index contributed by atoms with van der Waals surface area (Å²) in [6, 6.07) is 4.79. The average molecular weight is 243 g/mol. The Kier molecular flexibility index (Phi) is 2.98. The van der Waals surface area contributed by atoms with E-state index < -0.39 is 4.92 Å². The van der Waals surface area contributed by atoms with Crippen LogP contribution in [0.5, 0.6) is 5.75 Å². The smallest absolute Gasteiger partial charge is 0.329 e. The number of halogens is 1. The Labute approximate surface area is 97.3 Å². The number of benzene rings is 1. The lowest BCUT2D eigenvalue weighted by Gasteiger charge is -2.32. The second-order valence-electron chi connectivity index (χ2n) is 3.82. The van der Waals surface area contributed by atoms with Gasteiger partial charge in [-0.2, -0.15) is 0 Å². The summed E-state index contributed by atoms with van der Waals surface area (Å²) in [7, 11) is 0. The fourth-order valence-electron chi connectivity index (χ4n) is 1.65. The highest BCUT2D eigenvalue weighted by Gasteiger charge is 2.30. The standard InChI is InChI=1S/C10H11ClN2O3/c11-8-2-1-3-9(10(8)13(14)15)16-7-4-6(12)5-7/h1-3,6-7H,4-5,12H2. The molecule has 0 saturated heterocycles. The number of para-hydroxylation sites is 1. The van der Waals surface area contributed by atoms with E-state index in [1.165, 1.54) is 6.07 Å². The van der Waals surface area contributed by atoms with Gasteiger partial charge in [-0.25, -0.2) is 0 Å². The number of hydrogen-bond donors (Lipinski definition) is 1. The van der Waals surface area contributed by atoms with Gasteiger partial charge in [-0.1, -0.05) is 17.7 Å². The summed E-state index contributed by atoms with van der Waals surface area (Å²) in [5, 5.41) is 10.9. The quantitative estimate of drug-likeness (QED) is 0.650. The molecule has 16 heavy (non-hydrogen) atoms. The number of ether oxygens (including phenoxy) is 1. The Morgan fingerprint density at radius 2 is 2.19 bits per heavy atom. The van der Waals surface area contributed by atoms with Crippen molar-refractivity contribution in [2.75, 3.05) is 0 Å². The molecule has 1 aromatic carbocycles. The number of nitrogens with zero attached hydrogens (tertiary/aromatic N) is 1. The van der Waals surface area contributed by atoms with Gasteiger partial charge in [0, 0.05) is 6.04 Å². The van der Waals surface area contributed by atoms with Gasteiger partial charge in [0.1, 0.15) is 11.1 Å². The number of hydrogen-bond acceptors (Lipinski definition) is 4. The van der Waals surface area contributed by atoms with Gasteiger partial charge in [0.15, 0.2) is 5.75 Å². The molecule has 1 saturated carbocycles. The van der Waals surface area contributed by atoms with E-state index in [0.29, 0.717) is 0 Å². The average Bonchev–Trinajstić information content (AvgIpc) is 2.14. The molecule has 6 heteroatoms. The van der Waals surface area contributed by atoms with Gasteiger partial charge in [0.2, 0.25) is 0 Å². The second-order valence-corrected chi connectivity index (χ2v) is 4.22. The predicted molar refractivity (Wildman–Crippen MR) is 59.7 cm³/mol. The fourth-order valence-corrected chi connectivity index (χ4v) is 1.88. The highest BCUT2D eigenvalue weighted by Crippen LogP contribution is 2.36. The van der Waals surface area contributed by atoms with Crippen molar-refractivity contribution in [2.45, 2.75) is 25.0 Å². The summed E-state index contributed by atoms with van der Waals surface area (Å²) in [6.07, 6.45) is 1.42. The molecule has 0 aliphatic heterocycles. The van der Waals surface area contributed by atoms with E-state index in [-0.39, 0.29) is 28.6 Å². The third-order valence-corrected chi connectivity index (χ3v) is 2.86. The van der Waals surface area contributed by atoms with Gasteiger partial charge in [-0.05, 0) is 25.0 Å². The van der Waals surface area contributed by atoms with Crippen molar-refractivity contribution in [3.63, 3.8) is 0 Å². The summed E-state index contributed by atoms with van der Waals surface area (Å²) in [6.45, 7) is 0. The molecule has 0 heterocycles. The van der Waals surface area contributed by atoms with Crippen LogP contribution in [0.25, 0.3) is 0 Å². The zero-order valence-corrected chi connectivity index (χ0v) is 9.18. The molecular formula is C10H11ClN2O3. The van der Waals surface area contributed by atoms with Crippen LogP contribution in [0.2, 0.25) is 5.02 Å². The SMILES string of the molecule is NC1CC(Oc2cccc(Cl)c2[N+](=O)[O-])C1. The molecule has 86 valence electrons. The topological polar surface area (TPSA) is 78.4 Å². The van der Waals surface area contributed by atoms with Crippen molar-refractivity contribution in [1.29, 1.82) is 0 Å². The number of nitrogens with two attached hydrogens (primary N) is 1. The lowest BCUT2D eigenvalue weighted by atomic mass is 9.90. The van der Waals surface area contributed by atoms with Crippen molar-refractivity contribution in [3.8, 4) is 5.75 Å². The molecule has 0 amide bonds. The van der Waals surface area contributed by atoms with Crippen LogP contribution in [-0.4, -0.2) is 17.1 Å². The van der Waals surface area contributed by atoms with E-state index in [1.807, 2.05) is 0 Å². The van der Waals surface area contributed by atoms with Crippen molar-refractivity contribution in [1.82, 2.24) is 0 Å². The highest BCUT2D eigenvalue weighted by atomic mass is 35.5. The number of nitro benzene ring substituents is 1. The zero-order valence-electron chi connectivity index (χ0n) is 8.43. The van der Waals surface area contributed by atoms with Gasteiger partial charge in [0.25, 0.3) is 0 Å². The summed E-state index contributed by atoms with van der Waals surface area (Å²) in [5.74, 6) is 0.217. The van der Waals surface area contributed by atoms with Gasteiger partial charge >= 0.3 is 5.69 Å². The molecule has 1 fully saturated rings. The first-order valence-electron chi connectivity index (χ1n) is 4.93. The van der Waals surface area contributed by atoms with Crippen LogP contribution in [0.3, 0.4) is 0 Å². The molecule has 0 unspecified atom stereocenters. The molecule has 0 spiro atoms. The Bertz CT molecular complexity index is 419. The number of rotatable bonds is 3. The van der Waals surface area contributed by atoms with E-state index in [1.54, 1.807) is 12.1 Å². The van der Waals surface area contributed by atoms with Crippen LogP contribution in [-0.2, 0) is 0 Å². The molecule has 0 aromatic heterocycles. The molecule has 5 nitrogen and oxygen atoms in total. The van der Waals surface area contributed by atoms with Crippen molar-refractivity contribution >= 4 is 17.3 Å². The maximum atomic E-state index is 10.8. The number of nitro groups is 1. The van der Waals surface area contributed by atoms with Crippen LogP contribution in [0.15, 0.2) is 18.2 Å². The lowest BCUT2D eigenvalue weighted by molar-refractivity contribution is -0.386. The van der Waals surface area contributed by atoms with Crippen molar-refractivity contribution < 1.29 is 9.66 Å². The minimum atomic E-state index is -0.531. The lowest BCUT2D eigenvalue weighted by Crippen LogP contribution is -2.43. The van der Waals surface area contributed by atoms with Gasteiger partial charge < -0.3 is 10.5 Å². The summed E-state index contributed by atoms with van der Waals surface area (Å²) in [5.41, 5.74) is 5.43. The maximum absolute atomic E-state index is 10.8. The van der Waals surface area contributed by atoms with Crippen LogP contribution < -0.4 is 10.5 Å². The van der Waals surface area contributed by atoms with E-state index >= 15 is 0 Å². The first-order valence-corrected chi connectivity index (χ1v) is 5.31. The van der Waals surface area contributed by atoms with Crippen molar-refractivity contribution in [3.05, 3.63) is 33.3 Å². The van der Waals surface area contributed by atoms with Gasteiger partial charge in [-0.3, -0.25) is 10.1 Å². The molecule has 2 N–H and O–H groups in total. The van der Waals surface area contributed by atoms with Gasteiger partial charge in [-0.15, -0.1) is 0 Å². The van der Waals surface area contributed by atoms with E-state index in [4.69, 9.17) is 22.1 Å². The Morgan fingerprint density at radius 3 is 2.75 bits per heavy atom. The monoisotopic (exact) mass is 242 g/mol. The Hall–Kier alpha value is -1.33. The predicted octanol–water partition coefficient (Wildman–Crippen LogP) is 2.12. The van der Waals surface area contributed by atoms with E-state index in [0.717, 1.165) is 12.8 Å². The third kappa shape index (κ3) is 2.10. The second kappa shape index (κ2) is 4.27. The Morgan fingerprint density at radius 1 is 1.50 bits per heavy atom. The van der Waals surface area contributed by atoms with Crippen LogP contribution in [0.4, 0.5) is 5.69 Å². The minimum Gasteiger partial charge on any atom is -0.483 e. The third-order valence-electron chi connectivity index (χ3n) is 2.56. The molecule has 0 bridgehead atoms. The molecule has 2 rings (SSSR count). The maximum Gasteiger partial charge on any atom is 0.329 e. The summed E-state index contributed by atoms with van der Waals surface area (Å²) >= 11 is 5.75. The molecule has 1 aliphatic carbocycles. The first kappa shape index (κ1) is 11.2. The first-order chi connectivity index (χ1) is 7.58. The van der Waals surface area contributed by atoms with Crippen LogP contribution in [0, 0.1) is 10.1 Å². The Balaban J connectivity index is 2.19. The fraction of sp³-hybridized carbons (Fsp3) is 0.400. The van der Waals surface area contributed by atoms with E-state index in [2.05, 4.69) is 0 Å². The van der Waals surface area contributed by atoms with Crippen molar-refractivity contribution in [2.24, 2.45) is 5.73 Å². The largest absolute Gasteiger partial charge is 0.483 e. The summed E-state index contributed by atoms with van der Waals surface area (Å²) < 4.78 is 5.49. The minimum absolute atomic E-state index is 0.0350. The molecule has 0 radical (unpaired) electrons. The molecular weight excluding hydrogens is 232 g/mol. The molecule has 1 aromatic rings. The van der Waals surface area contributed by atoms with Gasteiger partial charge in [0.05, 0.1) is 4.92 Å². The van der Waals surface area contributed by atoms with Crippen LogP contribution in [0.1, 0.15) is 12.8 Å². The molecule has 1 aliphatic rings. The van der Waals surface area contributed by atoms with Crippen LogP contribution >= 0.6 is 11.6 Å².